The largest absolute Gasteiger partial charge is 0.476 e. The van der Waals surface area contributed by atoms with Gasteiger partial charge in [0.1, 0.15) is 6.61 Å². The molecule has 4 heteroatoms. The topological polar surface area (TPSA) is 56.8 Å². The highest BCUT2D eigenvalue weighted by molar-refractivity contribution is 5.94. The second kappa shape index (κ2) is 4.21. The summed E-state index contributed by atoms with van der Waals surface area (Å²) in [4.78, 5) is 8.75. The Hall–Kier alpha value is -1.39. The highest BCUT2D eigenvalue weighted by atomic mass is 16.6. The zero-order valence-corrected chi connectivity index (χ0v) is 7.77. The zero-order valence-electron chi connectivity index (χ0n) is 7.77. The third-order valence-corrected chi connectivity index (χ3v) is 2.04. The lowest BCUT2D eigenvalue weighted by Crippen LogP contribution is -2.02. The van der Waals surface area contributed by atoms with Gasteiger partial charge in [-0.05, 0) is 17.7 Å². The molecule has 0 atom stereocenters. The molecule has 1 aliphatic heterocycles. The van der Waals surface area contributed by atoms with Gasteiger partial charge >= 0.3 is 0 Å². The maximum Gasteiger partial charge on any atom is 0.216 e. The molecule has 0 amide bonds. The molecule has 74 valence electrons. The molecule has 2 N–H and O–H groups in total. The molecule has 1 aliphatic rings. The summed E-state index contributed by atoms with van der Waals surface area (Å²) in [6.07, 6.45) is 0. The van der Waals surface area contributed by atoms with Crippen LogP contribution in [0.3, 0.4) is 0 Å². The van der Waals surface area contributed by atoms with Crippen molar-refractivity contribution >= 4 is 5.90 Å². The molecule has 14 heavy (non-hydrogen) atoms. The predicted octanol–water partition coefficient (Wildman–Crippen LogP) is 0.854. The molecule has 0 spiro atoms. The normalized spacial score (nSPS) is 15.1. The molecule has 0 fully saturated rings. The first-order valence-electron chi connectivity index (χ1n) is 4.48. The van der Waals surface area contributed by atoms with Gasteiger partial charge in [-0.3, -0.25) is 4.84 Å². The van der Waals surface area contributed by atoms with Crippen molar-refractivity contribution in [3.05, 3.63) is 35.4 Å². The Balaban J connectivity index is 2.13. The average Bonchev–Trinajstić information content (AvgIpc) is 2.72. The average molecular weight is 192 g/mol. The van der Waals surface area contributed by atoms with E-state index >= 15 is 0 Å². The van der Waals surface area contributed by atoms with Crippen molar-refractivity contribution in [3.63, 3.8) is 0 Å². The molecule has 4 nitrogen and oxygen atoms in total. The predicted molar refractivity (Wildman–Crippen MR) is 52.8 cm³/mol. The molecule has 0 aliphatic carbocycles. The number of rotatable bonds is 3. The smallest absolute Gasteiger partial charge is 0.216 e. The molecule has 1 heterocycles. The summed E-state index contributed by atoms with van der Waals surface area (Å²) in [7, 11) is 0. The maximum atomic E-state index is 5.33. The molecule has 0 radical (unpaired) electrons. The number of ether oxygens (including phenoxy) is 1. The van der Waals surface area contributed by atoms with E-state index in [1.807, 2.05) is 24.3 Å². The van der Waals surface area contributed by atoms with Gasteiger partial charge in [-0.15, -0.1) is 0 Å². The maximum absolute atomic E-state index is 5.33. The van der Waals surface area contributed by atoms with Gasteiger partial charge in [0.05, 0.1) is 13.2 Å². The number of benzene rings is 1. The van der Waals surface area contributed by atoms with Gasteiger partial charge in [-0.2, -0.15) is 0 Å². The molecule has 2 rings (SSSR count). The third-order valence-electron chi connectivity index (χ3n) is 2.04. The second-order valence-electron chi connectivity index (χ2n) is 3.04. The van der Waals surface area contributed by atoms with Gasteiger partial charge in [0, 0.05) is 5.56 Å². The molecule has 0 bridgehead atoms. The summed E-state index contributed by atoms with van der Waals surface area (Å²) in [5.41, 5.74) is 2.04. The monoisotopic (exact) mass is 192 g/mol. The van der Waals surface area contributed by atoms with Crippen LogP contribution in [0.5, 0.6) is 0 Å². The van der Waals surface area contributed by atoms with Crippen LogP contribution >= 0.6 is 0 Å². The van der Waals surface area contributed by atoms with Crippen LogP contribution in [0.2, 0.25) is 0 Å². The van der Waals surface area contributed by atoms with E-state index in [0.29, 0.717) is 13.2 Å². The lowest BCUT2D eigenvalue weighted by atomic mass is 10.1. The Bertz CT molecular complexity index is 332. The Labute approximate surface area is 82.3 Å². The standard InChI is InChI=1S/C10H12N2O2/c11-14-7-8-1-3-9(4-2-8)10-12-5-6-13-10/h1-4H,5-7,11H2. The summed E-state index contributed by atoms with van der Waals surface area (Å²) in [5, 5.41) is 0. The third kappa shape index (κ3) is 1.92. The Morgan fingerprint density at radius 1 is 1.36 bits per heavy atom. The first kappa shape index (κ1) is 9.18. The van der Waals surface area contributed by atoms with Gasteiger partial charge in [-0.25, -0.2) is 10.9 Å². The summed E-state index contributed by atoms with van der Waals surface area (Å²) < 4.78 is 5.33. The van der Waals surface area contributed by atoms with E-state index in [9.17, 15) is 0 Å². The van der Waals surface area contributed by atoms with Crippen LogP contribution in [0.4, 0.5) is 0 Å². The quantitative estimate of drug-likeness (QED) is 0.722. The number of nitrogens with zero attached hydrogens (tertiary/aromatic N) is 1. The van der Waals surface area contributed by atoms with Crippen LogP contribution in [0.25, 0.3) is 0 Å². The van der Waals surface area contributed by atoms with E-state index in [-0.39, 0.29) is 0 Å². The summed E-state index contributed by atoms with van der Waals surface area (Å²) in [6, 6.07) is 7.82. The fraction of sp³-hybridized carbons (Fsp3) is 0.300. The van der Waals surface area contributed by atoms with Crippen molar-refractivity contribution in [2.24, 2.45) is 10.9 Å². The number of nitrogens with two attached hydrogens (primary N) is 1. The Morgan fingerprint density at radius 3 is 2.71 bits per heavy atom. The van der Waals surface area contributed by atoms with Crippen LogP contribution in [-0.4, -0.2) is 19.0 Å². The van der Waals surface area contributed by atoms with Crippen molar-refractivity contribution in [1.29, 1.82) is 0 Å². The molecule has 0 saturated carbocycles. The Morgan fingerprint density at radius 2 is 2.14 bits per heavy atom. The lowest BCUT2D eigenvalue weighted by molar-refractivity contribution is 0.124. The first-order chi connectivity index (χ1) is 6.90. The van der Waals surface area contributed by atoms with Crippen LogP contribution in [-0.2, 0) is 16.2 Å². The number of hydrogen-bond acceptors (Lipinski definition) is 4. The molecular formula is C10H12N2O2. The van der Waals surface area contributed by atoms with Gasteiger partial charge < -0.3 is 4.74 Å². The minimum atomic E-state index is 0.424. The van der Waals surface area contributed by atoms with Crippen LogP contribution in [0.1, 0.15) is 11.1 Å². The van der Waals surface area contributed by atoms with E-state index in [1.54, 1.807) is 0 Å². The molecule has 0 aromatic heterocycles. The van der Waals surface area contributed by atoms with E-state index in [0.717, 1.165) is 23.6 Å². The highest BCUT2D eigenvalue weighted by Gasteiger charge is 2.09. The van der Waals surface area contributed by atoms with Crippen LogP contribution in [0, 0.1) is 0 Å². The number of aliphatic imine (C=N–C) groups is 1. The molecule has 0 saturated heterocycles. The molecule has 1 aromatic carbocycles. The zero-order chi connectivity index (χ0) is 9.80. The molecule has 1 aromatic rings. The fourth-order valence-electron chi connectivity index (χ4n) is 1.35. The fourth-order valence-corrected chi connectivity index (χ4v) is 1.35. The van der Waals surface area contributed by atoms with Crippen molar-refractivity contribution in [2.75, 3.05) is 13.2 Å². The van der Waals surface area contributed by atoms with Crippen molar-refractivity contribution in [3.8, 4) is 0 Å². The molecular weight excluding hydrogens is 180 g/mol. The molecule has 0 unspecified atom stereocenters. The van der Waals surface area contributed by atoms with Crippen molar-refractivity contribution < 1.29 is 9.57 Å². The van der Waals surface area contributed by atoms with Gasteiger partial charge in [0.15, 0.2) is 0 Å². The summed E-state index contributed by atoms with van der Waals surface area (Å²) in [5.74, 6) is 5.70. The summed E-state index contributed by atoms with van der Waals surface area (Å²) in [6.45, 7) is 1.86. The minimum absolute atomic E-state index is 0.424. The highest BCUT2D eigenvalue weighted by Crippen LogP contribution is 2.09. The van der Waals surface area contributed by atoms with Gasteiger partial charge in [-0.1, -0.05) is 12.1 Å². The van der Waals surface area contributed by atoms with E-state index in [4.69, 9.17) is 10.6 Å². The minimum Gasteiger partial charge on any atom is -0.476 e. The van der Waals surface area contributed by atoms with E-state index < -0.39 is 0 Å². The van der Waals surface area contributed by atoms with Gasteiger partial charge in [0.2, 0.25) is 5.90 Å². The second-order valence-corrected chi connectivity index (χ2v) is 3.04. The lowest BCUT2D eigenvalue weighted by Gasteiger charge is -2.03. The van der Waals surface area contributed by atoms with Gasteiger partial charge in [0.25, 0.3) is 0 Å². The van der Waals surface area contributed by atoms with Crippen molar-refractivity contribution in [1.82, 2.24) is 0 Å². The van der Waals surface area contributed by atoms with E-state index in [2.05, 4.69) is 9.83 Å². The Kier molecular flexibility index (Phi) is 2.76. The first-order valence-corrected chi connectivity index (χ1v) is 4.48. The van der Waals surface area contributed by atoms with Crippen LogP contribution in [0.15, 0.2) is 29.3 Å². The van der Waals surface area contributed by atoms with Crippen molar-refractivity contribution in [2.45, 2.75) is 6.61 Å². The van der Waals surface area contributed by atoms with Crippen LogP contribution < -0.4 is 5.90 Å². The van der Waals surface area contributed by atoms with E-state index in [1.165, 1.54) is 0 Å². The number of hydrogen-bond donors (Lipinski definition) is 1. The summed E-state index contributed by atoms with van der Waals surface area (Å²) >= 11 is 0. The SMILES string of the molecule is NOCc1ccc(C2=NCCO2)cc1.